The van der Waals surface area contributed by atoms with Crippen molar-refractivity contribution < 1.29 is 23.9 Å². The molecule has 0 aliphatic heterocycles. The summed E-state index contributed by atoms with van der Waals surface area (Å²) in [4.78, 5) is 37.7. The summed E-state index contributed by atoms with van der Waals surface area (Å²) in [5.41, 5.74) is 2.79. The first kappa shape index (κ1) is 27.2. The van der Waals surface area contributed by atoms with Crippen LogP contribution in [0.15, 0.2) is 54.7 Å². The van der Waals surface area contributed by atoms with E-state index in [0.29, 0.717) is 40.5 Å². The van der Waals surface area contributed by atoms with Crippen molar-refractivity contribution in [2.24, 2.45) is 18.9 Å². The molecule has 2 amide bonds. The van der Waals surface area contributed by atoms with Crippen molar-refractivity contribution in [3.05, 3.63) is 65.3 Å². The summed E-state index contributed by atoms with van der Waals surface area (Å²) >= 11 is 6.22. The van der Waals surface area contributed by atoms with Crippen LogP contribution < -0.4 is 10.6 Å². The quantitative estimate of drug-likeness (QED) is 0.358. The predicted octanol–water partition coefficient (Wildman–Crippen LogP) is 5.97. The summed E-state index contributed by atoms with van der Waals surface area (Å²) < 4.78 is 12.0. The number of nitrogens with one attached hydrogen (secondary N) is 2. The first-order valence-corrected chi connectivity index (χ1v) is 12.9. The molecule has 2 unspecified atom stereocenters. The molecule has 38 heavy (non-hydrogen) atoms. The molecule has 1 aliphatic rings. The van der Waals surface area contributed by atoms with Crippen LogP contribution in [0.4, 0.5) is 16.3 Å². The molecule has 4 rings (SSSR count). The summed E-state index contributed by atoms with van der Waals surface area (Å²) in [6.45, 7) is 1.75. The third kappa shape index (κ3) is 6.16. The average molecular weight is 539 g/mol. The van der Waals surface area contributed by atoms with Gasteiger partial charge in [-0.1, -0.05) is 54.8 Å². The number of carbonyl (C=O) groups is 3. The molecule has 1 heterocycles. The number of anilines is 2. The molecular weight excluding hydrogens is 508 g/mol. The topological polar surface area (TPSA) is 112 Å². The van der Waals surface area contributed by atoms with Crippen molar-refractivity contribution in [2.75, 3.05) is 17.7 Å². The van der Waals surface area contributed by atoms with E-state index in [-0.39, 0.29) is 11.9 Å². The highest BCUT2D eigenvalue weighted by Gasteiger charge is 2.36. The lowest BCUT2D eigenvalue weighted by molar-refractivity contribution is -0.151. The van der Waals surface area contributed by atoms with E-state index in [9.17, 15) is 14.4 Å². The van der Waals surface area contributed by atoms with Crippen molar-refractivity contribution >= 4 is 41.1 Å². The molecule has 10 heteroatoms. The lowest BCUT2D eigenvalue weighted by Crippen LogP contribution is -2.36. The Morgan fingerprint density at radius 2 is 1.71 bits per heavy atom. The molecule has 1 fully saturated rings. The number of amides is 2. The van der Waals surface area contributed by atoms with Crippen molar-refractivity contribution in [1.82, 2.24) is 9.78 Å². The van der Waals surface area contributed by atoms with Gasteiger partial charge in [-0.2, -0.15) is 5.10 Å². The Hall–Kier alpha value is -3.85. The highest BCUT2D eigenvalue weighted by atomic mass is 35.5. The number of aryl methyl sites for hydroxylation is 1. The molecule has 2 aromatic carbocycles. The third-order valence-corrected chi connectivity index (χ3v) is 7.20. The average Bonchev–Trinajstić information content (AvgIpc) is 3.28. The van der Waals surface area contributed by atoms with E-state index in [1.807, 2.05) is 24.3 Å². The molecule has 0 radical (unpaired) electrons. The summed E-state index contributed by atoms with van der Waals surface area (Å²) in [5.74, 6) is -0.897. The highest BCUT2D eigenvalue weighted by Crippen LogP contribution is 2.33. The molecule has 0 spiro atoms. The Balaban J connectivity index is 1.43. The fourth-order valence-corrected chi connectivity index (χ4v) is 5.09. The van der Waals surface area contributed by atoms with Gasteiger partial charge in [-0.05, 0) is 43.5 Å². The summed E-state index contributed by atoms with van der Waals surface area (Å²) in [7, 11) is 3.07. The van der Waals surface area contributed by atoms with Crippen molar-refractivity contribution in [2.45, 2.75) is 38.7 Å². The molecule has 2 N–H and O–H groups in total. The van der Waals surface area contributed by atoms with Gasteiger partial charge in [-0.3, -0.25) is 19.6 Å². The lowest BCUT2D eigenvalue weighted by atomic mass is 9.78. The maximum atomic E-state index is 12.9. The lowest BCUT2D eigenvalue weighted by Gasteiger charge is -2.28. The van der Waals surface area contributed by atoms with Gasteiger partial charge in [0.2, 0.25) is 5.91 Å². The number of halogens is 1. The Morgan fingerprint density at radius 1 is 1.03 bits per heavy atom. The van der Waals surface area contributed by atoms with Gasteiger partial charge in [0.15, 0.2) is 0 Å². The van der Waals surface area contributed by atoms with Gasteiger partial charge in [-0.15, -0.1) is 0 Å². The largest absolute Gasteiger partial charge is 0.469 e. The van der Waals surface area contributed by atoms with Gasteiger partial charge < -0.3 is 14.8 Å². The molecule has 1 saturated carbocycles. The number of aromatic nitrogens is 2. The first-order valence-electron chi connectivity index (χ1n) is 12.5. The van der Waals surface area contributed by atoms with Gasteiger partial charge in [0, 0.05) is 28.9 Å². The zero-order chi connectivity index (χ0) is 27.2. The van der Waals surface area contributed by atoms with Gasteiger partial charge in [0.25, 0.3) is 0 Å². The number of esters is 1. The normalized spacial score (nSPS) is 17.8. The van der Waals surface area contributed by atoms with Crippen molar-refractivity contribution in [3.63, 3.8) is 0 Å². The summed E-state index contributed by atoms with van der Waals surface area (Å²) in [6, 6.07) is 14.4. The number of rotatable bonds is 7. The van der Waals surface area contributed by atoms with Crippen LogP contribution in [0, 0.1) is 11.8 Å². The van der Waals surface area contributed by atoms with E-state index in [2.05, 4.69) is 15.7 Å². The van der Waals surface area contributed by atoms with Gasteiger partial charge in [0.1, 0.15) is 11.9 Å². The van der Waals surface area contributed by atoms with Crippen molar-refractivity contribution in [3.8, 4) is 11.1 Å². The fraction of sp³-hybridized carbons (Fsp3) is 0.357. The second-order valence-corrected chi connectivity index (χ2v) is 9.72. The number of benzene rings is 2. The van der Waals surface area contributed by atoms with E-state index in [0.717, 1.165) is 18.4 Å². The van der Waals surface area contributed by atoms with Crippen LogP contribution >= 0.6 is 11.6 Å². The molecule has 3 aromatic rings. The van der Waals surface area contributed by atoms with E-state index < -0.39 is 24.0 Å². The number of methoxy groups -OCH3 is 1. The summed E-state index contributed by atoms with van der Waals surface area (Å²) in [6.07, 6.45) is 3.57. The number of hydrogen-bond acceptors (Lipinski definition) is 6. The second kappa shape index (κ2) is 12.1. The third-order valence-electron chi connectivity index (χ3n) is 6.86. The van der Waals surface area contributed by atoms with Crippen molar-refractivity contribution in [1.29, 1.82) is 0 Å². The van der Waals surface area contributed by atoms with E-state index in [1.165, 1.54) is 7.11 Å². The number of hydrogen-bond donors (Lipinski definition) is 2. The van der Waals surface area contributed by atoms with Gasteiger partial charge in [-0.25, -0.2) is 4.79 Å². The maximum absolute atomic E-state index is 12.9. The van der Waals surface area contributed by atoms with E-state index in [1.54, 1.807) is 49.1 Å². The number of nitrogens with zero attached hydrogens (tertiary/aromatic N) is 2. The Morgan fingerprint density at radius 3 is 2.39 bits per heavy atom. The predicted molar refractivity (Wildman–Crippen MR) is 145 cm³/mol. The van der Waals surface area contributed by atoms with E-state index in [4.69, 9.17) is 21.1 Å². The monoisotopic (exact) mass is 538 g/mol. The zero-order valence-electron chi connectivity index (χ0n) is 21.6. The van der Waals surface area contributed by atoms with Crippen LogP contribution in [0.5, 0.6) is 0 Å². The Labute approximate surface area is 226 Å². The number of carbonyl (C=O) groups excluding carboxylic acids is 3. The number of ether oxygens (including phenoxy) is 2. The first-order chi connectivity index (χ1) is 18.3. The molecular formula is C28H31ClN4O5. The smallest absolute Gasteiger partial charge is 0.413 e. The van der Waals surface area contributed by atoms with Gasteiger partial charge in [0.05, 0.1) is 25.1 Å². The van der Waals surface area contributed by atoms with Gasteiger partial charge >= 0.3 is 12.1 Å². The molecule has 1 aliphatic carbocycles. The molecule has 0 saturated heterocycles. The van der Waals surface area contributed by atoms with Crippen LogP contribution in [0.3, 0.4) is 0 Å². The van der Waals surface area contributed by atoms with E-state index >= 15 is 0 Å². The second-order valence-electron chi connectivity index (χ2n) is 9.31. The molecule has 1 aromatic heterocycles. The minimum Gasteiger partial charge on any atom is -0.469 e. The minimum atomic E-state index is -0.640. The molecule has 3 atom stereocenters. The molecule has 0 bridgehead atoms. The fourth-order valence-electron chi connectivity index (χ4n) is 4.80. The Bertz CT molecular complexity index is 1310. The van der Waals surface area contributed by atoms with Crippen LogP contribution in [0.2, 0.25) is 5.02 Å². The maximum Gasteiger partial charge on any atom is 0.413 e. The Kier molecular flexibility index (Phi) is 8.68. The zero-order valence-corrected chi connectivity index (χ0v) is 22.3. The van der Waals surface area contributed by atoms with Crippen LogP contribution in [-0.4, -0.2) is 34.9 Å². The van der Waals surface area contributed by atoms with Crippen LogP contribution in [0.1, 0.15) is 44.3 Å². The molecule has 9 nitrogen and oxygen atoms in total. The highest BCUT2D eigenvalue weighted by molar-refractivity contribution is 6.31. The minimum absolute atomic E-state index is 0.188. The molecule has 200 valence electrons. The SMILES string of the molecule is COC(=O)C1CCCCC1C(=O)Nc1ccc(-c2cnn(C)c2NC(=O)O[C@H](C)c2ccccc2Cl)cc1. The standard InChI is InChI=1S/C28H31ClN4O5/c1-17(20-8-6-7-11-24(20)29)38-28(36)32-25-23(16-30-33(25)2)18-12-14-19(15-13-18)31-26(34)21-9-4-5-10-22(21)27(35)37-3/h6-8,11-17,21-22H,4-5,9-10H2,1-3H3,(H,31,34)(H,32,36)/t17-,21?,22?/m1/s1. The summed E-state index contributed by atoms with van der Waals surface area (Å²) in [5, 5.41) is 10.5. The van der Waals surface area contributed by atoms with Crippen LogP contribution in [0.25, 0.3) is 11.1 Å². The van der Waals surface area contributed by atoms with Crippen LogP contribution in [-0.2, 0) is 26.1 Å².